The third-order valence-corrected chi connectivity index (χ3v) is 4.97. The molecule has 0 spiro atoms. The zero-order valence-corrected chi connectivity index (χ0v) is 11.5. The number of hydrogen-bond donors (Lipinski definition) is 2. The molecule has 0 amide bonds. The maximum Gasteiger partial charge on any atom is 0.264 e. The van der Waals surface area contributed by atoms with E-state index in [9.17, 15) is 8.42 Å². The Morgan fingerprint density at radius 2 is 2.22 bits per heavy atom. The summed E-state index contributed by atoms with van der Waals surface area (Å²) in [6.07, 6.45) is 1.46. The molecule has 0 bridgehead atoms. The molecule has 0 aliphatic rings. The highest BCUT2D eigenvalue weighted by atomic mass is 35.5. The lowest BCUT2D eigenvalue weighted by atomic mass is 10.5. The second kappa shape index (κ2) is 5.23. The standard InChI is InChI=1S/C10H10ClN3O2S2/c11-7-2-1-4-13-10(7)14-18(15,16)9-3-5-17-8(9)6-12/h1-5H,6,12H2,(H,13,14). The van der Waals surface area contributed by atoms with Crippen molar-refractivity contribution in [3.05, 3.63) is 39.7 Å². The highest BCUT2D eigenvalue weighted by molar-refractivity contribution is 7.93. The van der Waals surface area contributed by atoms with Crippen LogP contribution >= 0.6 is 22.9 Å². The van der Waals surface area contributed by atoms with Crippen LogP contribution in [0.3, 0.4) is 0 Å². The summed E-state index contributed by atoms with van der Waals surface area (Å²) in [5.74, 6) is 0.105. The van der Waals surface area contributed by atoms with Crippen molar-refractivity contribution in [2.75, 3.05) is 4.72 Å². The molecule has 0 fully saturated rings. The molecule has 0 radical (unpaired) electrons. The van der Waals surface area contributed by atoms with E-state index in [-0.39, 0.29) is 22.3 Å². The van der Waals surface area contributed by atoms with E-state index < -0.39 is 10.0 Å². The summed E-state index contributed by atoms with van der Waals surface area (Å²) in [4.78, 5) is 4.63. The summed E-state index contributed by atoms with van der Waals surface area (Å²) >= 11 is 7.15. The molecule has 2 aromatic heterocycles. The van der Waals surface area contributed by atoms with Gasteiger partial charge in [0.15, 0.2) is 5.82 Å². The molecule has 2 heterocycles. The molecule has 2 rings (SSSR count). The molecule has 0 aliphatic carbocycles. The summed E-state index contributed by atoms with van der Waals surface area (Å²) < 4.78 is 26.6. The summed E-state index contributed by atoms with van der Waals surface area (Å²) in [5.41, 5.74) is 5.49. The molecule has 2 aromatic rings. The number of rotatable bonds is 4. The van der Waals surface area contributed by atoms with Gasteiger partial charge in [-0.25, -0.2) is 13.4 Å². The van der Waals surface area contributed by atoms with E-state index in [0.29, 0.717) is 4.88 Å². The first kappa shape index (κ1) is 13.3. The first-order valence-corrected chi connectivity index (χ1v) is 7.68. The zero-order chi connectivity index (χ0) is 13.2. The Balaban J connectivity index is 2.37. The Morgan fingerprint density at radius 3 is 2.89 bits per heavy atom. The van der Waals surface area contributed by atoms with E-state index >= 15 is 0 Å². The molecule has 0 saturated carbocycles. The summed E-state index contributed by atoms with van der Waals surface area (Å²) in [6, 6.07) is 4.69. The van der Waals surface area contributed by atoms with Crippen molar-refractivity contribution >= 4 is 38.8 Å². The Morgan fingerprint density at radius 1 is 1.44 bits per heavy atom. The number of nitrogens with one attached hydrogen (secondary N) is 1. The van der Waals surface area contributed by atoms with Gasteiger partial charge in [0.05, 0.1) is 5.02 Å². The van der Waals surface area contributed by atoms with Crippen LogP contribution in [0.15, 0.2) is 34.7 Å². The summed E-state index contributed by atoms with van der Waals surface area (Å²) in [7, 11) is -3.70. The van der Waals surface area contributed by atoms with Crippen LogP contribution in [0, 0.1) is 0 Å². The predicted molar refractivity (Wildman–Crippen MR) is 72.3 cm³/mol. The minimum absolute atomic E-state index is 0.105. The summed E-state index contributed by atoms with van der Waals surface area (Å²) in [6.45, 7) is 0.170. The van der Waals surface area contributed by atoms with Gasteiger partial charge in [-0.1, -0.05) is 11.6 Å². The third-order valence-electron chi connectivity index (χ3n) is 2.17. The quantitative estimate of drug-likeness (QED) is 0.905. The van der Waals surface area contributed by atoms with Gasteiger partial charge in [-0.05, 0) is 23.6 Å². The Labute approximate surface area is 114 Å². The first-order chi connectivity index (χ1) is 8.54. The number of thiophene rings is 1. The van der Waals surface area contributed by atoms with Crippen LogP contribution < -0.4 is 10.5 Å². The maximum atomic E-state index is 12.1. The van der Waals surface area contributed by atoms with Gasteiger partial charge in [0.1, 0.15) is 4.90 Å². The zero-order valence-electron chi connectivity index (χ0n) is 9.13. The number of anilines is 1. The molecule has 0 aliphatic heterocycles. The third kappa shape index (κ3) is 2.64. The van der Waals surface area contributed by atoms with Crippen LogP contribution in [0.1, 0.15) is 4.88 Å². The largest absolute Gasteiger partial charge is 0.326 e. The highest BCUT2D eigenvalue weighted by Gasteiger charge is 2.20. The van der Waals surface area contributed by atoms with Crippen molar-refractivity contribution in [1.29, 1.82) is 0 Å². The van der Waals surface area contributed by atoms with E-state index in [2.05, 4.69) is 9.71 Å². The van der Waals surface area contributed by atoms with Gasteiger partial charge in [0, 0.05) is 17.6 Å². The number of sulfonamides is 1. The van der Waals surface area contributed by atoms with Crippen LogP contribution in [-0.4, -0.2) is 13.4 Å². The van der Waals surface area contributed by atoms with Crippen molar-refractivity contribution in [2.24, 2.45) is 5.73 Å². The highest BCUT2D eigenvalue weighted by Crippen LogP contribution is 2.25. The monoisotopic (exact) mass is 303 g/mol. The van der Waals surface area contributed by atoms with Gasteiger partial charge in [-0.2, -0.15) is 0 Å². The van der Waals surface area contributed by atoms with Gasteiger partial charge >= 0.3 is 0 Å². The molecule has 8 heteroatoms. The van der Waals surface area contributed by atoms with Gasteiger partial charge < -0.3 is 5.73 Å². The lowest BCUT2D eigenvalue weighted by Gasteiger charge is -2.08. The number of hydrogen-bond acceptors (Lipinski definition) is 5. The molecule has 3 N–H and O–H groups in total. The van der Waals surface area contributed by atoms with E-state index in [1.807, 2.05) is 0 Å². The number of halogens is 1. The fourth-order valence-electron chi connectivity index (χ4n) is 1.36. The second-order valence-corrected chi connectivity index (χ2v) is 6.41. The Hall–Kier alpha value is -1.15. The fourth-order valence-corrected chi connectivity index (χ4v) is 3.95. The van der Waals surface area contributed by atoms with E-state index in [0.717, 1.165) is 0 Å². The van der Waals surface area contributed by atoms with Crippen molar-refractivity contribution in [1.82, 2.24) is 4.98 Å². The summed E-state index contributed by atoms with van der Waals surface area (Å²) in [5, 5.41) is 1.92. The molecule has 5 nitrogen and oxygen atoms in total. The van der Waals surface area contributed by atoms with Gasteiger partial charge in [-0.3, -0.25) is 4.72 Å². The predicted octanol–water partition coefficient (Wildman–Crippen LogP) is 2.06. The number of pyridine rings is 1. The lowest BCUT2D eigenvalue weighted by molar-refractivity contribution is 0.600. The minimum Gasteiger partial charge on any atom is -0.326 e. The SMILES string of the molecule is NCc1sccc1S(=O)(=O)Nc1ncccc1Cl. The van der Waals surface area contributed by atoms with Crippen LogP contribution in [0.2, 0.25) is 5.02 Å². The van der Waals surface area contributed by atoms with E-state index in [1.165, 1.54) is 23.6 Å². The van der Waals surface area contributed by atoms with E-state index in [4.69, 9.17) is 17.3 Å². The molecule has 0 saturated heterocycles. The Kier molecular flexibility index (Phi) is 3.86. The maximum absolute atomic E-state index is 12.1. The van der Waals surface area contributed by atoms with Crippen molar-refractivity contribution in [3.8, 4) is 0 Å². The molecule has 18 heavy (non-hydrogen) atoms. The molecular formula is C10H10ClN3O2S2. The molecule has 0 atom stereocenters. The van der Waals surface area contributed by atoms with Crippen LogP contribution in [-0.2, 0) is 16.6 Å². The normalized spacial score (nSPS) is 11.4. The molecule has 0 aromatic carbocycles. The van der Waals surface area contributed by atoms with Crippen molar-refractivity contribution < 1.29 is 8.42 Å². The van der Waals surface area contributed by atoms with Crippen LogP contribution in [0.25, 0.3) is 0 Å². The van der Waals surface area contributed by atoms with Crippen LogP contribution in [0.4, 0.5) is 5.82 Å². The molecule has 0 unspecified atom stereocenters. The topological polar surface area (TPSA) is 85.1 Å². The minimum atomic E-state index is -3.70. The fraction of sp³-hybridized carbons (Fsp3) is 0.100. The molecular weight excluding hydrogens is 294 g/mol. The van der Waals surface area contributed by atoms with Crippen molar-refractivity contribution in [2.45, 2.75) is 11.4 Å². The van der Waals surface area contributed by atoms with Gasteiger partial charge in [0.2, 0.25) is 0 Å². The van der Waals surface area contributed by atoms with E-state index in [1.54, 1.807) is 17.5 Å². The van der Waals surface area contributed by atoms with Crippen LogP contribution in [0.5, 0.6) is 0 Å². The molecule has 96 valence electrons. The second-order valence-electron chi connectivity index (χ2n) is 3.35. The lowest BCUT2D eigenvalue weighted by Crippen LogP contribution is -2.15. The Bertz CT molecular complexity index is 655. The number of nitrogens with two attached hydrogens (primary N) is 1. The average Bonchev–Trinajstić information content (AvgIpc) is 2.81. The smallest absolute Gasteiger partial charge is 0.264 e. The van der Waals surface area contributed by atoms with Gasteiger partial charge in [-0.15, -0.1) is 11.3 Å². The average molecular weight is 304 g/mol. The van der Waals surface area contributed by atoms with Crippen molar-refractivity contribution in [3.63, 3.8) is 0 Å². The number of nitrogens with zero attached hydrogens (tertiary/aromatic N) is 1. The number of aromatic nitrogens is 1. The first-order valence-electron chi connectivity index (χ1n) is 4.94. The van der Waals surface area contributed by atoms with Gasteiger partial charge in [0.25, 0.3) is 10.0 Å².